The summed E-state index contributed by atoms with van der Waals surface area (Å²) in [5, 5.41) is 21.2. The average Bonchev–Trinajstić information content (AvgIpc) is 3.28. The summed E-state index contributed by atoms with van der Waals surface area (Å²) in [5.74, 6) is 5.59. The Bertz CT molecular complexity index is 772. The lowest BCUT2D eigenvalue weighted by atomic mass is 9.90. The Morgan fingerprint density at radius 3 is 2.88 bits per heavy atom. The van der Waals surface area contributed by atoms with Crippen molar-refractivity contribution >= 4 is 40.2 Å². The number of carbonyl (C=O) groups is 1. The molecule has 25 heavy (non-hydrogen) atoms. The molecule has 1 aliphatic rings. The van der Waals surface area contributed by atoms with Gasteiger partial charge in [0.1, 0.15) is 4.88 Å². The van der Waals surface area contributed by atoms with E-state index in [2.05, 4.69) is 11.8 Å². The van der Waals surface area contributed by atoms with E-state index in [1.165, 1.54) is 11.3 Å². The lowest BCUT2D eigenvalue weighted by Crippen LogP contribution is -2.19. The highest BCUT2D eigenvalue weighted by atomic mass is 35.5. The van der Waals surface area contributed by atoms with Crippen LogP contribution in [0.15, 0.2) is 29.6 Å². The highest BCUT2D eigenvalue weighted by Gasteiger charge is 2.40. The van der Waals surface area contributed by atoms with Gasteiger partial charge in [-0.25, -0.2) is 4.79 Å². The molecule has 1 saturated carbocycles. The van der Waals surface area contributed by atoms with Crippen LogP contribution in [0.2, 0.25) is 0 Å². The maximum absolute atomic E-state index is 10.9. The van der Waals surface area contributed by atoms with Crippen LogP contribution in [-0.2, 0) is 6.42 Å². The Balaban J connectivity index is 1.59. The lowest BCUT2D eigenvalue weighted by Gasteiger charge is -2.18. The summed E-state index contributed by atoms with van der Waals surface area (Å²) in [5.41, 5.74) is 0. The molecule has 0 spiro atoms. The Labute approximate surface area is 160 Å². The van der Waals surface area contributed by atoms with Crippen LogP contribution in [0, 0.1) is 23.7 Å². The normalized spacial score (nSPS) is 25.5. The molecular weight excluding hydrogens is 376 g/mol. The summed E-state index contributed by atoms with van der Waals surface area (Å²) in [6.07, 6.45) is 2.74. The number of hydrogen-bond donors (Lipinski definition) is 2. The van der Waals surface area contributed by atoms with Crippen LogP contribution in [0.5, 0.6) is 0 Å². The molecule has 6 heteroatoms. The van der Waals surface area contributed by atoms with Gasteiger partial charge in [0.2, 0.25) is 0 Å². The van der Waals surface area contributed by atoms with Crippen LogP contribution >= 0.6 is 34.3 Å². The standard InChI is InChI=1S/C19H19ClO3S2/c20-16-11-17(21)15(8-6-12-4-2-10-24-12)14(16)5-1-3-13-7-9-18(25-13)19(22)23/h2,4,7,9-10,14-17,21H,1,3,5,11H2,(H,22,23)/t14-,15-,16-,17-/m1/s1. The third-order valence-electron chi connectivity index (χ3n) is 4.52. The smallest absolute Gasteiger partial charge is 0.345 e. The van der Waals surface area contributed by atoms with E-state index in [-0.39, 0.29) is 17.2 Å². The molecule has 0 unspecified atom stereocenters. The molecule has 0 radical (unpaired) electrons. The van der Waals surface area contributed by atoms with Gasteiger partial charge in [-0.3, -0.25) is 0 Å². The van der Waals surface area contributed by atoms with E-state index in [4.69, 9.17) is 16.7 Å². The predicted molar refractivity (Wildman–Crippen MR) is 103 cm³/mol. The molecule has 2 N–H and O–H groups in total. The number of hydrogen-bond acceptors (Lipinski definition) is 4. The van der Waals surface area contributed by atoms with E-state index in [1.807, 2.05) is 23.6 Å². The summed E-state index contributed by atoms with van der Waals surface area (Å²) < 4.78 is 0. The van der Waals surface area contributed by atoms with Crippen LogP contribution < -0.4 is 0 Å². The van der Waals surface area contributed by atoms with Gasteiger partial charge >= 0.3 is 5.97 Å². The molecule has 1 fully saturated rings. The van der Waals surface area contributed by atoms with Crippen molar-refractivity contribution < 1.29 is 15.0 Å². The first-order valence-electron chi connectivity index (χ1n) is 8.24. The van der Waals surface area contributed by atoms with Crippen molar-refractivity contribution in [3.8, 4) is 11.8 Å². The molecule has 2 aromatic heterocycles. The molecule has 0 bridgehead atoms. The van der Waals surface area contributed by atoms with Gasteiger partial charge in [-0.05, 0) is 55.2 Å². The van der Waals surface area contributed by atoms with Gasteiger partial charge in [0.15, 0.2) is 0 Å². The third kappa shape index (κ3) is 4.65. The fraction of sp³-hybridized carbons (Fsp3) is 0.421. The monoisotopic (exact) mass is 394 g/mol. The molecule has 4 atom stereocenters. The van der Waals surface area contributed by atoms with Crippen molar-refractivity contribution in [1.82, 2.24) is 0 Å². The van der Waals surface area contributed by atoms with Crippen LogP contribution in [0.4, 0.5) is 0 Å². The molecule has 0 amide bonds. The number of aliphatic hydroxyl groups excluding tert-OH is 1. The minimum Gasteiger partial charge on any atom is -0.477 e. The molecule has 1 aliphatic carbocycles. The minimum atomic E-state index is -0.875. The van der Waals surface area contributed by atoms with Gasteiger partial charge in [0.25, 0.3) is 0 Å². The van der Waals surface area contributed by atoms with Gasteiger partial charge in [-0.15, -0.1) is 34.3 Å². The Morgan fingerprint density at radius 1 is 1.36 bits per heavy atom. The van der Waals surface area contributed by atoms with Gasteiger partial charge in [-0.2, -0.15) is 0 Å². The van der Waals surface area contributed by atoms with Gasteiger partial charge in [0.05, 0.1) is 16.9 Å². The fourth-order valence-electron chi connectivity index (χ4n) is 3.27. The Hall–Kier alpha value is -1.32. The molecule has 3 nitrogen and oxygen atoms in total. The van der Waals surface area contributed by atoms with Crippen LogP contribution in [0.25, 0.3) is 0 Å². The second-order valence-electron chi connectivity index (χ2n) is 6.22. The first kappa shape index (κ1) is 18.5. The van der Waals surface area contributed by atoms with E-state index < -0.39 is 12.1 Å². The number of aliphatic hydroxyl groups is 1. The molecule has 3 rings (SSSR count). The largest absolute Gasteiger partial charge is 0.477 e. The van der Waals surface area contributed by atoms with E-state index in [1.54, 1.807) is 17.4 Å². The average molecular weight is 395 g/mol. The zero-order valence-electron chi connectivity index (χ0n) is 13.5. The Kier molecular flexibility index (Phi) is 6.19. The summed E-state index contributed by atoms with van der Waals surface area (Å²) in [6, 6.07) is 7.47. The molecule has 0 saturated heterocycles. The quantitative estimate of drug-likeness (QED) is 0.580. The zero-order valence-corrected chi connectivity index (χ0v) is 15.9. The summed E-state index contributed by atoms with van der Waals surface area (Å²) in [7, 11) is 0. The number of carboxylic acids is 1. The Morgan fingerprint density at radius 2 is 2.20 bits per heavy atom. The third-order valence-corrected chi connectivity index (χ3v) is 6.94. The zero-order chi connectivity index (χ0) is 17.8. The second kappa shape index (κ2) is 8.37. The predicted octanol–water partition coefficient (Wildman–Crippen LogP) is 4.49. The number of aryl methyl sites for hydroxylation is 1. The number of thiophene rings is 2. The van der Waals surface area contributed by atoms with Gasteiger partial charge < -0.3 is 10.2 Å². The highest BCUT2D eigenvalue weighted by Crippen LogP contribution is 2.39. The van der Waals surface area contributed by atoms with Crippen molar-refractivity contribution in [3.63, 3.8) is 0 Å². The number of carboxylic acid groups (broad SMARTS) is 1. The van der Waals surface area contributed by atoms with Crippen LogP contribution in [0.1, 0.15) is 38.7 Å². The number of aromatic carboxylic acids is 1. The summed E-state index contributed by atoms with van der Waals surface area (Å²) >= 11 is 9.38. The van der Waals surface area contributed by atoms with Crippen molar-refractivity contribution in [3.05, 3.63) is 44.3 Å². The first-order chi connectivity index (χ1) is 12.0. The first-order valence-corrected chi connectivity index (χ1v) is 10.4. The maximum atomic E-state index is 10.9. The minimum absolute atomic E-state index is 0.0597. The van der Waals surface area contributed by atoms with Gasteiger partial charge in [0, 0.05) is 10.3 Å². The van der Waals surface area contributed by atoms with Crippen molar-refractivity contribution in [2.24, 2.45) is 11.8 Å². The molecule has 0 aliphatic heterocycles. The molecule has 2 heterocycles. The van der Waals surface area contributed by atoms with E-state index >= 15 is 0 Å². The molecule has 132 valence electrons. The van der Waals surface area contributed by atoms with E-state index in [0.717, 1.165) is 29.0 Å². The van der Waals surface area contributed by atoms with Crippen LogP contribution in [-0.4, -0.2) is 27.7 Å². The summed E-state index contributed by atoms with van der Waals surface area (Å²) in [6.45, 7) is 0. The van der Waals surface area contributed by atoms with Crippen LogP contribution in [0.3, 0.4) is 0 Å². The van der Waals surface area contributed by atoms with Crippen molar-refractivity contribution in [2.75, 3.05) is 0 Å². The number of halogens is 1. The second-order valence-corrected chi connectivity index (χ2v) is 8.90. The van der Waals surface area contributed by atoms with Crippen molar-refractivity contribution in [1.29, 1.82) is 0 Å². The highest BCUT2D eigenvalue weighted by molar-refractivity contribution is 7.13. The maximum Gasteiger partial charge on any atom is 0.345 e. The van der Waals surface area contributed by atoms with E-state index in [9.17, 15) is 9.90 Å². The molecule has 0 aromatic carbocycles. The van der Waals surface area contributed by atoms with E-state index in [0.29, 0.717) is 11.3 Å². The topological polar surface area (TPSA) is 57.5 Å². The van der Waals surface area contributed by atoms with Crippen molar-refractivity contribution in [2.45, 2.75) is 37.2 Å². The fourth-order valence-corrected chi connectivity index (χ4v) is 5.20. The lowest BCUT2D eigenvalue weighted by molar-refractivity contribution is 0.0702. The van der Waals surface area contributed by atoms with Gasteiger partial charge in [-0.1, -0.05) is 17.9 Å². The SMILES string of the molecule is O=C(O)c1ccc(CCC[C@@H]2[C@@H](C#Cc3cccs3)[C@H](O)C[C@H]2Cl)s1. The number of rotatable bonds is 5. The molecule has 2 aromatic rings. The summed E-state index contributed by atoms with van der Waals surface area (Å²) in [4.78, 5) is 13.4. The number of alkyl halides is 1. The molecular formula is C19H19ClO3S2.